The molecule has 0 fully saturated rings. The average molecular weight is 588 g/mol. The molecule has 0 aliphatic heterocycles. The van der Waals surface area contributed by atoms with Gasteiger partial charge < -0.3 is 34.1 Å². The molecule has 5 atom stereocenters. The van der Waals surface area contributed by atoms with Crippen LogP contribution in [0.4, 0.5) is 0 Å². The minimum absolute atomic E-state index is 0.212. The molecule has 0 aliphatic carbocycles. The van der Waals surface area contributed by atoms with E-state index in [4.69, 9.17) is 23.7 Å². The molecule has 2 rings (SSSR count). The summed E-state index contributed by atoms with van der Waals surface area (Å²) >= 11 is 0. The smallest absolute Gasteiger partial charge is 0.303 e. The summed E-state index contributed by atoms with van der Waals surface area (Å²) in [6, 6.07) is 12.1. The summed E-state index contributed by atoms with van der Waals surface area (Å²) in [5, 5.41) is 13.7. The van der Waals surface area contributed by atoms with Crippen molar-refractivity contribution in [3.8, 4) is 16.9 Å². The third-order valence-corrected chi connectivity index (χ3v) is 6.05. The van der Waals surface area contributed by atoms with Gasteiger partial charge in [-0.15, -0.1) is 0 Å². The van der Waals surface area contributed by atoms with Crippen molar-refractivity contribution in [2.75, 3.05) is 13.7 Å². The van der Waals surface area contributed by atoms with Gasteiger partial charge in [-0.05, 0) is 47.9 Å². The van der Waals surface area contributed by atoms with Crippen LogP contribution in [0.25, 0.3) is 11.1 Å². The van der Waals surface area contributed by atoms with Gasteiger partial charge in [-0.3, -0.25) is 24.0 Å². The fraction of sp³-hybridized carbons (Fsp3) is 0.433. The lowest BCUT2D eigenvalue weighted by molar-refractivity contribution is -0.216. The first-order chi connectivity index (χ1) is 19.7. The quantitative estimate of drug-likeness (QED) is 0.201. The molecule has 12 nitrogen and oxygen atoms in total. The van der Waals surface area contributed by atoms with Crippen molar-refractivity contribution < 1.29 is 52.8 Å². The summed E-state index contributed by atoms with van der Waals surface area (Å²) in [6.45, 7) is 7.56. The van der Waals surface area contributed by atoms with Crippen LogP contribution in [-0.2, 0) is 38.1 Å². The fourth-order valence-corrected chi connectivity index (χ4v) is 4.18. The van der Waals surface area contributed by atoms with E-state index in [9.17, 15) is 29.1 Å². The fourth-order valence-electron chi connectivity index (χ4n) is 4.18. The monoisotopic (exact) mass is 587 g/mol. The van der Waals surface area contributed by atoms with E-state index in [2.05, 4.69) is 5.32 Å². The molecule has 2 aromatic rings. The lowest BCUT2D eigenvalue weighted by atomic mass is 9.95. The van der Waals surface area contributed by atoms with Gasteiger partial charge in [-0.25, -0.2) is 0 Å². The van der Waals surface area contributed by atoms with Crippen LogP contribution < -0.4 is 10.1 Å². The number of aliphatic hydroxyl groups is 1. The Bertz CT molecular complexity index is 1290. The number of hydrogen-bond donors (Lipinski definition) is 2. The highest BCUT2D eigenvalue weighted by molar-refractivity contribution is 5.95. The number of hydrogen-bond acceptors (Lipinski definition) is 11. The summed E-state index contributed by atoms with van der Waals surface area (Å²) in [5.74, 6) is -3.77. The summed E-state index contributed by atoms with van der Waals surface area (Å²) in [5.41, 5.74) is 2.60. The van der Waals surface area contributed by atoms with E-state index in [1.54, 1.807) is 57.3 Å². The Hall–Kier alpha value is -4.45. The Morgan fingerprint density at radius 2 is 1.36 bits per heavy atom. The summed E-state index contributed by atoms with van der Waals surface area (Å²) in [7, 11) is 1.54. The molecule has 228 valence electrons. The van der Waals surface area contributed by atoms with E-state index >= 15 is 0 Å². The van der Waals surface area contributed by atoms with Crippen molar-refractivity contribution in [3.05, 3.63) is 53.6 Å². The van der Waals surface area contributed by atoms with Crippen LogP contribution in [-0.4, -0.2) is 73.1 Å². The number of ether oxygens (including phenoxy) is 5. The van der Waals surface area contributed by atoms with Crippen molar-refractivity contribution in [3.63, 3.8) is 0 Å². The van der Waals surface area contributed by atoms with Gasteiger partial charge in [-0.1, -0.05) is 25.1 Å². The van der Waals surface area contributed by atoms with E-state index in [1.165, 1.54) is 6.92 Å². The van der Waals surface area contributed by atoms with Gasteiger partial charge in [0.1, 0.15) is 11.9 Å². The molecular weight excluding hydrogens is 550 g/mol. The molecule has 0 aliphatic rings. The molecule has 0 bridgehead atoms. The van der Waals surface area contributed by atoms with E-state index in [0.29, 0.717) is 11.1 Å². The Morgan fingerprint density at radius 3 is 1.90 bits per heavy atom. The summed E-state index contributed by atoms with van der Waals surface area (Å²) < 4.78 is 26.9. The number of carbonyl (C=O) groups excluding carboxylic acids is 5. The number of carbonyl (C=O) groups is 5. The van der Waals surface area contributed by atoms with Gasteiger partial charge in [0.2, 0.25) is 12.4 Å². The van der Waals surface area contributed by atoms with Gasteiger partial charge in [0.25, 0.3) is 5.91 Å². The van der Waals surface area contributed by atoms with Crippen molar-refractivity contribution in [1.29, 1.82) is 0 Å². The molecule has 0 heterocycles. The van der Waals surface area contributed by atoms with Crippen LogP contribution in [0.3, 0.4) is 0 Å². The maximum atomic E-state index is 12.1. The van der Waals surface area contributed by atoms with Crippen LogP contribution in [0.15, 0.2) is 42.5 Å². The number of aryl methyl sites for hydroxylation is 1. The maximum Gasteiger partial charge on any atom is 0.303 e. The minimum atomic E-state index is -1.89. The topological polar surface area (TPSA) is 164 Å². The molecule has 1 amide bonds. The van der Waals surface area contributed by atoms with Crippen molar-refractivity contribution in [2.45, 2.75) is 66.1 Å². The zero-order chi connectivity index (χ0) is 31.6. The van der Waals surface area contributed by atoms with Crippen molar-refractivity contribution in [1.82, 2.24) is 5.32 Å². The van der Waals surface area contributed by atoms with Crippen LogP contribution >= 0.6 is 0 Å². The molecule has 0 radical (unpaired) electrons. The van der Waals surface area contributed by atoms with Crippen molar-refractivity contribution >= 4 is 29.8 Å². The Balaban J connectivity index is 2.43. The average Bonchev–Trinajstić information content (AvgIpc) is 2.92. The first kappa shape index (κ1) is 33.8. The van der Waals surface area contributed by atoms with Crippen LogP contribution in [0.5, 0.6) is 5.75 Å². The highest BCUT2D eigenvalue weighted by atomic mass is 16.7. The van der Waals surface area contributed by atoms with E-state index in [1.807, 2.05) is 6.07 Å². The number of aliphatic hydroxyl groups excluding tert-OH is 1. The number of benzene rings is 2. The molecule has 0 saturated heterocycles. The Morgan fingerprint density at radius 1 is 0.786 bits per heavy atom. The Kier molecular flexibility index (Phi) is 12.5. The number of nitrogens with one attached hydrogen (secondary N) is 1. The lowest BCUT2D eigenvalue weighted by Gasteiger charge is -2.36. The largest absolute Gasteiger partial charge is 0.465 e. The molecule has 0 aromatic heterocycles. The lowest BCUT2D eigenvalue weighted by Crippen LogP contribution is -2.54. The van der Waals surface area contributed by atoms with E-state index in [0.717, 1.165) is 31.9 Å². The molecule has 0 spiro atoms. The molecule has 2 N–H and O–H groups in total. The molecule has 12 heteroatoms. The summed E-state index contributed by atoms with van der Waals surface area (Å²) in [6.07, 6.45) is -6.38. The molecule has 2 aromatic carbocycles. The third kappa shape index (κ3) is 9.88. The van der Waals surface area contributed by atoms with Crippen LogP contribution in [0, 0.1) is 12.8 Å². The number of esters is 4. The second-order valence-corrected chi connectivity index (χ2v) is 9.65. The van der Waals surface area contributed by atoms with Crippen molar-refractivity contribution in [2.24, 2.45) is 5.92 Å². The second kappa shape index (κ2) is 15.5. The highest BCUT2D eigenvalue weighted by Crippen LogP contribution is 2.29. The third-order valence-electron chi connectivity index (χ3n) is 6.05. The van der Waals surface area contributed by atoms with Gasteiger partial charge in [0.15, 0.2) is 6.10 Å². The zero-order valence-electron chi connectivity index (χ0n) is 24.7. The standard InChI is InChI=1S/C30H37NO11/c1-16-13-23(22-9-8-10-24(14-22)29(36)31-7)11-12-25(16)42-30(37)28(41-21(6)35)27(40-20(5)34)26(39-19(4)33)17(2)15-38-18(3)32/h8-14,17,26-28,30,37H,15H2,1-7H3,(H,31,36). The normalized spacial score (nSPS) is 14.3. The van der Waals surface area contributed by atoms with Gasteiger partial charge in [-0.2, -0.15) is 0 Å². The second-order valence-electron chi connectivity index (χ2n) is 9.65. The summed E-state index contributed by atoms with van der Waals surface area (Å²) in [4.78, 5) is 59.5. The molecule has 42 heavy (non-hydrogen) atoms. The molecular formula is C30H37NO11. The number of rotatable bonds is 13. The predicted octanol–water partition coefficient (Wildman–Crippen LogP) is 2.71. The van der Waals surface area contributed by atoms with Gasteiger partial charge >= 0.3 is 23.9 Å². The van der Waals surface area contributed by atoms with Gasteiger partial charge in [0.05, 0.1) is 6.61 Å². The first-order valence-electron chi connectivity index (χ1n) is 13.2. The van der Waals surface area contributed by atoms with Gasteiger partial charge in [0, 0.05) is 46.2 Å². The number of amides is 1. The molecule has 5 unspecified atom stereocenters. The highest BCUT2D eigenvalue weighted by Gasteiger charge is 2.45. The predicted molar refractivity (Wildman–Crippen MR) is 149 cm³/mol. The molecule has 0 saturated carbocycles. The Labute approximate surface area is 244 Å². The van der Waals surface area contributed by atoms with Crippen LogP contribution in [0.2, 0.25) is 0 Å². The van der Waals surface area contributed by atoms with Crippen LogP contribution in [0.1, 0.15) is 50.5 Å². The zero-order valence-corrected chi connectivity index (χ0v) is 24.7. The van der Waals surface area contributed by atoms with E-state index in [-0.39, 0.29) is 18.3 Å². The first-order valence-corrected chi connectivity index (χ1v) is 13.2. The SMILES string of the molecule is CNC(=O)c1cccc(-c2ccc(OC(O)C(OC(C)=O)C(OC(C)=O)C(OC(C)=O)C(C)COC(C)=O)c(C)c2)c1. The minimum Gasteiger partial charge on any atom is -0.465 e. The maximum absolute atomic E-state index is 12.1. The van der Waals surface area contributed by atoms with E-state index < -0.39 is 54.4 Å².